The molecule has 228 valence electrons. The molecule has 0 saturated carbocycles. The number of alkyl halides is 1. The number of pyridine rings is 1. The van der Waals surface area contributed by atoms with E-state index in [0.29, 0.717) is 30.3 Å². The largest absolute Gasteiger partial charge is 0.508 e. The van der Waals surface area contributed by atoms with Gasteiger partial charge in [-0.1, -0.05) is 6.07 Å². The number of aromatic hydroxyl groups is 1. The molecule has 3 N–H and O–H groups in total. The first-order chi connectivity index (χ1) is 20.6. The van der Waals surface area contributed by atoms with Crippen LogP contribution in [-0.4, -0.2) is 83.1 Å². The zero-order valence-corrected chi connectivity index (χ0v) is 24.6. The van der Waals surface area contributed by atoms with Gasteiger partial charge in [0.1, 0.15) is 46.8 Å². The molecule has 43 heavy (non-hydrogen) atoms. The molecule has 0 aliphatic carbocycles. The summed E-state index contributed by atoms with van der Waals surface area (Å²) in [6, 6.07) is 5.62. The van der Waals surface area contributed by atoms with E-state index in [0.717, 1.165) is 19.4 Å². The fraction of sp³-hybridized carbons (Fsp3) is 0.452. The number of ether oxygens (including phenoxy) is 2. The number of hydrogen-bond acceptors (Lipinski definition) is 9. The van der Waals surface area contributed by atoms with Crippen molar-refractivity contribution in [1.82, 2.24) is 25.2 Å². The third-order valence-electron chi connectivity index (χ3n) is 8.78. The van der Waals surface area contributed by atoms with Crippen LogP contribution in [0.15, 0.2) is 24.3 Å². The zero-order chi connectivity index (χ0) is 30.5. The number of phenols is 1. The van der Waals surface area contributed by atoms with Crippen molar-refractivity contribution in [3.8, 4) is 28.9 Å². The normalized spacial score (nSPS) is 21.0. The number of phenolic OH excluding ortho intramolecular Hbond substituents is 1. The zero-order valence-electron chi connectivity index (χ0n) is 24.6. The second-order valence-corrected chi connectivity index (χ2v) is 11.6. The molecule has 9 nitrogen and oxygen atoms in total. The summed E-state index contributed by atoms with van der Waals surface area (Å²) in [4.78, 5) is 15.7. The maximum Gasteiger partial charge on any atom is 0.319 e. The standard InChI is InChI=1S/C31H35F3N6O3/c1-16(35-3)13-36-28-24-27(38-30(39-28)43-15-31-8-5-9-40(31)14-19(32)12-31)25(34)26(37-29(24)42-4)21-11-20(41)10-18-6-7-22(33)17(2)23(18)21/h6-7,10-11,16,19,35,41H,5,8-9,12-15H2,1-4H3,(H,36,38,39)/t16?,19-,31+/m1/s1. The Morgan fingerprint density at radius 1 is 1.19 bits per heavy atom. The average molecular weight is 597 g/mol. The molecule has 4 heterocycles. The van der Waals surface area contributed by atoms with E-state index in [4.69, 9.17) is 9.47 Å². The number of benzene rings is 2. The molecular weight excluding hydrogens is 561 g/mol. The number of fused-ring (bicyclic) bond motifs is 3. The van der Waals surface area contributed by atoms with E-state index in [-0.39, 0.29) is 63.8 Å². The van der Waals surface area contributed by atoms with E-state index in [2.05, 4.69) is 30.5 Å². The number of hydrogen-bond donors (Lipinski definition) is 3. The van der Waals surface area contributed by atoms with Crippen molar-refractivity contribution in [2.24, 2.45) is 0 Å². The highest BCUT2D eigenvalue weighted by Crippen LogP contribution is 2.43. The second-order valence-electron chi connectivity index (χ2n) is 11.6. The minimum Gasteiger partial charge on any atom is -0.508 e. The van der Waals surface area contributed by atoms with Crippen LogP contribution >= 0.6 is 0 Å². The first kappa shape index (κ1) is 29.2. The number of halogens is 3. The van der Waals surface area contributed by atoms with Crippen LogP contribution in [0.4, 0.5) is 19.0 Å². The van der Waals surface area contributed by atoms with Gasteiger partial charge in [0.2, 0.25) is 5.88 Å². The summed E-state index contributed by atoms with van der Waals surface area (Å²) in [5, 5.41) is 18.0. The highest BCUT2D eigenvalue weighted by Gasteiger charge is 2.49. The molecule has 0 bridgehead atoms. The van der Waals surface area contributed by atoms with Crippen LogP contribution in [0.2, 0.25) is 0 Å². The lowest BCUT2D eigenvalue weighted by molar-refractivity contribution is 0.107. The number of likely N-dealkylation sites (N-methyl/N-ethyl adjacent to an activating group) is 1. The lowest BCUT2D eigenvalue weighted by atomic mass is 9.95. The maximum atomic E-state index is 16.7. The molecule has 2 aromatic heterocycles. The van der Waals surface area contributed by atoms with Crippen molar-refractivity contribution in [2.75, 3.05) is 45.7 Å². The van der Waals surface area contributed by atoms with Gasteiger partial charge in [-0.3, -0.25) is 4.90 Å². The highest BCUT2D eigenvalue weighted by atomic mass is 19.1. The molecular formula is C31H35F3N6O3. The molecule has 3 atom stereocenters. The van der Waals surface area contributed by atoms with Gasteiger partial charge in [-0.2, -0.15) is 9.97 Å². The van der Waals surface area contributed by atoms with Crippen molar-refractivity contribution in [1.29, 1.82) is 0 Å². The van der Waals surface area contributed by atoms with Crippen molar-refractivity contribution in [3.63, 3.8) is 0 Å². The van der Waals surface area contributed by atoms with Gasteiger partial charge in [0, 0.05) is 31.1 Å². The summed E-state index contributed by atoms with van der Waals surface area (Å²) in [7, 11) is 3.23. The number of anilines is 1. The van der Waals surface area contributed by atoms with Crippen molar-refractivity contribution in [3.05, 3.63) is 41.5 Å². The number of aryl methyl sites for hydroxylation is 1. The molecule has 0 amide bonds. The molecule has 6 rings (SSSR count). The van der Waals surface area contributed by atoms with E-state index < -0.39 is 23.3 Å². The van der Waals surface area contributed by atoms with Crippen molar-refractivity contribution in [2.45, 2.75) is 50.9 Å². The van der Waals surface area contributed by atoms with E-state index in [9.17, 15) is 13.9 Å². The Morgan fingerprint density at radius 3 is 2.77 bits per heavy atom. The second kappa shape index (κ2) is 11.3. The first-order valence-corrected chi connectivity index (χ1v) is 14.4. The fourth-order valence-electron chi connectivity index (χ4n) is 6.43. The maximum absolute atomic E-state index is 16.7. The molecule has 2 saturated heterocycles. The number of aromatic nitrogens is 3. The van der Waals surface area contributed by atoms with Gasteiger partial charge in [0.15, 0.2) is 5.82 Å². The van der Waals surface area contributed by atoms with Gasteiger partial charge in [-0.15, -0.1) is 0 Å². The molecule has 0 spiro atoms. The molecule has 2 aliphatic rings. The van der Waals surface area contributed by atoms with Crippen molar-refractivity contribution >= 4 is 27.5 Å². The first-order valence-electron chi connectivity index (χ1n) is 14.4. The van der Waals surface area contributed by atoms with E-state index in [1.807, 2.05) is 14.0 Å². The van der Waals surface area contributed by atoms with Gasteiger partial charge in [-0.05, 0) is 74.8 Å². The summed E-state index contributed by atoms with van der Waals surface area (Å²) in [6.45, 7) is 5.33. The predicted molar refractivity (Wildman–Crippen MR) is 159 cm³/mol. The van der Waals surface area contributed by atoms with E-state index in [1.54, 1.807) is 6.92 Å². The number of methoxy groups -OCH3 is 1. The Morgan fingerprint density at radius 2 is 2.00 bits per heavy atom. The van der Waals surface area contributed by atoms with Crippen LogP contribution in [0.25, 0.3) is 32.9 Å². The lowest BCUT2D eigenvalue weighted by Gasteiger charge is -2.30. The number of nitrogens with one attached hydrogen (secondary N) is 2. The van der Waals surface area contributed by atoms with Crippen LogP contribution in [0, 0.1) is 18.6 Å². The number of nitrogens with zero attached hydrogens (tertiary/aromatic N) is 4. The van der Waals surface area contributed by atoms with Crippen LogP contribution in [0.3, 0.4) is 0 Å². The predicted octanol–water partition coefficient (Wildman–Crippen LogP) is 5.12. The average Bonchev–Trinajstić information content (AvgIpc) is 3.52. The molecule has 0 radical (unpaired) electrons. The minimum atomic E-state index is -0.928. The van der Waals surface area contributed by atoms with E-state index >= 15 is 4.39 Å². The Bertz CT molecular complexity index is 1710. The van der Waals surface area contributed by atoms with E-state index in [1.165, 1.54) is 31.4 Å². The molecule has 2 aliphatic heterocycles. The Kier molecular flexibility index (Phi) is 7.67. The van der Waals surface area contributed by atoms with Gasteiger partial charge in [-0.25, -0.2) is 18.2 Å². The minimum absolute atomic E-state index is 0.0414. The molecule has 2 aromatic carbocycles. The van der Waals surface area contributed by atoms with Gasteiger partial charge < -0.3 is 25.2 Å². The monoisotopic (exact) mass is 596 g/mol. The number of rotatable bonds is 9. The third-order valence-corrected chi connectivity index (χ3v) is 8.78. The van der Waals surface area contributed by atoms with Crippen molar-refractivity contribution < 1.29 is 27.8 Å². The SMILES string of the molecule is CNC(C)CNc1nc(OC[C@@]23CCCN2C[C@H](F)C3)nc2c(F)c(-c3cc(O)cc4ccc(F)c(C)c34)nc(OC)c12. The summed E-state index contributed by atoms with van der Waals surface area (Å²) in [5.41, 5.74) is -0.272. The Labute approximate surface area is 247 Å². The summed E-state index contributed by atoms with van der Waals surface area (Å²) < 4.78 is 57.5. The van der Waals surface area contributed by atoms with Gasteiger partial charge in [0.25, 0.3) is 0 Å². The Hall–Kier alpha value is -3.90. The summed E-state index contributed by atoms with van der Waals surface area (Å²) in [5.74, 6) is -1.12. The van der Waals surface area contributed by atoms with Crippen LogP contribution < -0.4 is 20.1 Å². The quantitative estimate of drug-likeness (QED) is 0.243. The van der Waals surface area contributed by atoms with Gasteiger partial charge in [0.05, 0.1) is 12.6 Å². The summed E-state index contributed by atoms with van der Waals surface area (Å²) in [6.07, 6.45) is 1.18. The Balaban J connectivity index is 1.52. The highest BCUT2D eigenvalue weighted by molar-refractivity contribution is 6.02. The topological polar surface area (TPSA) is 105 Å². The van der Waals surface area contributed by atoms with Crippen LogP contribution in [-0.2, 0) is 0 Å². The molecule has 1 unspecified atom stereocenters. The lowest BCUT2D eigenvalue weighted by Crippen LogP contribution is -2.43. The third kappa shape index (κ3) is 5.16. The van der Waals surface area contributed by atoms with Gasteiger partial charge >= 0.3 is 6.01 Å². The summed E-state index contributed by atoms with van der Waals surface area (Å²) >= 11 is 0. The fourth-order valence-corrected chi connectivity index (χ4v) is 6.43. The molecule has 2 fully saturated rings. The van der Waals surface area contributed by atoms with Crippen LogP contribution in [0.5, 0.6) is 17.6 Å². The smallest absolute Gasteiger partial charge is 0.319 e. The molecule has 4 aromatic rings. The molecule has 12 heteroatoms. The van der Waals surface area contributed by atoms with Crippen LogP contribution in [0.1, 0.15) is 31.7 Å².